The number of aryl methyl sites for hydroxylation is 1. The molecule has 1 unspecified atom stereocenters. The second kappa shape index (κ2) is 7.65. The number of carbonyl (C=O) groups is 1. The topological polar surface area (TPSA) is 99.4 Å². The van der Waals surface area contributed by atoms with Crippen LogP contribution < -0.4 is 15.8 Å². The zero-order valence-corrected chi connectivity index (χ0v) is 11.5. The molecular weight excluding hydrogens is 248 g/mol. The second-order valence-corrected chi connectivity index (χ2v) is 4.11. The van der Waals surface area contributed by atoms with Crippen LogP contribution in [0.5, 0.6) is 5.88 Å². The van der Waals surface area contributed by atoms with Gasteiger partial charge in [0.1, 0.15) is 0 Å². The lowest BCUT2D eigenvalue weighted by atomic mass is 10.1. The minimum Gasteiger partial charge on any atom is -0.481 e. The normalized spacial score (nSPS) is 12.0. The van der Waals surface area contributed by atoms with E-state index in [1.807, 2.05) is 0 Å². The quantitative estimate of drug-likeness (QED) is 0.698. The number of rotatable bonds is 7. The van der Waals surface area contributed by atoms with Gasteiger partial charge < -0.3 is 15.2 Å². The Hall–Kier alpha value is -1.73. The number of aromatic nitrogens is 2. The fraction of sp³-hybridized carbons (Fsp3) is 0.583. The molecule has 0 aliphatic heterocycles. The molecule has 0 aromatic carbocycles. The zero-order valence-electron chi connectivity index (χ0n) is 11.5. The van der Waals surface area contributed by atoms with Crippen molar-refractivity contribution in [1.82, 2.24) is 9.97 Å². The van der Waals surface area contributed by atoms with Crippen LogP contribution in [0.15, 0.2) is 6.07 Å². The molecule has 1 atom stereocenters. The van der Waals surface area contributed by atoms with E-state index < -0.39 is 6.04 Å². The van der Waals surface area contributed by atoms with Crippen LogP contribution in [0.4, 0.5) is 5.95 Å². The Balaban J connectivity index is 2.58. The first kappa shape index (κ1) is 15.3. The number of nitrogens with two attached hydrogens (primary N) is 1. The number of nitrogens with one attached hydrogen (secondary N) is 1. The van der Waals surface area contributed by atoms with Gasteiger partial charge in [-0.25, -0.2) is 4.98 Å². The molecule has 0 aliphatic carbocycles. The lowest BCUT2D eigenvalue weighted by molar-refractivity contribution is -0.117. The molecule has 0 radical (unpaired) electrons. The van der Waals surface area contributed by atoms with Crippen LogP contribution in [-0.2, 0) is 9.53 Å². The number of ether oxygens (including phenoxy) is 2. The maximum Gasteiger partial charge on any atom is 0.243 e. The lowest BCUT2D eigenvalue weighted by Crippen LogP contribution is -2.36. The van der Waals surface area contributed by atoms with E-state index in [-0.39, 0.29) is 11.9 Å². The van der Waals surface area contributed by atoms with Crippen LogP contribution in [0.25, 0.3) is 0 Å². The van der Waals surface area contributed by atoms with Crippen molar-refractivity contribution >= 4 is 11.9 Å². The average molecular weight is 268 g/mol. The van der Waals surface area contributed by atoms with Crippen LogP contribution in [0.1, 0.15) is 18.5 Å². The summed E-state index contributed by atoms with van der Waals surface area (Å²) in [5, 5.41) is 2.58. The van der Waals surface area contributed by atoms with Crippen molar-refractivity contribution in [3.05, 3.63) is 11.8 Å². The number of nitrogens with zero attached hydrogens (tertiary/aromatic N) is 2. The van der Waals surface area contributed by atoms with E-state index in [0.29, 0.717) is 24.6 Å². The van der Waals surface area contributed by atoms with Crippen LogP contribution in [0.2, 0.25) is 0 Å². The number of anilines is 1. The van der Waals surface area contributed by atoms with E-state index in [1.54, 1.807) is 20.1 Å². The van der Waals surface area contributed by atoms with Gasteiger partial charge in [-0.3, -0.25) is 10.1 Å². The van der Waals surface area contributed by atoms with Crippen LogP contribution in [-0.4, -0.2) is 42.7 Å². The second-order valence-electron chi connectivity index (χ2n) is 4.11. The molecule has 1 aromatic heterocycles. The van der Waals surface area contributed by atoms with Crippen LogP contribution in [0, 0.1) is 6.92 Å². The summed E-state index contributed by atoms with van der Waals surface area (Å²) in [6.07, 6.45) is 1.27. The van der Waals surface area contributed by atoms with Crippen molar-refractivity contribution in [2.24, 2.45) is 5.73 Å². The Kier molecular flexibility index (Phi) is 6.17. The van der Waals surface area contributed by atoms with Gasteiger partial charge in [0, 0.05) is 25.5 Å². The summed E-state index contributed by atoms with van der Waals surface area (Å²) in [5.41, 5.74) is 6.46. The predicted molar refractivity (Wildman–Crippen MR) is 71.0 cm³/mol. The van der Waals surface area contributed by atoms with Gasteiger partial charge in [0.2, 0.25) is 17.7 Å². The predicted octanol–water partition coefficient (Wildman–Crippen LogP) is 0.486. The monoisotopic (exact) mass is 268 g/mol. The first-order valence-corrected chi connectivity index (χ1v) is 6.02. The third-order valence-electron chi connectivity index (χ3n) is 2.48. The standard InChI is InChI=1S/C12H20N4O3/c1-8-7-10(19-3)15-12(14-8)16-11(17)9(13)5-4-6-18-2/h7,9H,4-6,13H2,1-3H3,(H,14,15,16,17). The minimum atomic E-state index is -0.606. The molecule has 1 amide bonds. The molecule has 106 valence electrons. The van der Waals surface area contributed by atoms with E-state index >= 15 is 0 Å². The SMILES string of the molecule is COCCCC(N)C(=O)Nc1nc(C)cc(OC)n1. The van der Waals surface area contributed by atoms with Crippen molar-refractivity contribution in [2.75, 3.05) is 26.1 Å². The molecule has 0 fully saturated rings. The van der Waals surface area contributed by atoms with Gasteiger partial charge in [0.15, 0.2) is 0 Å². The fourth-order valence-electron chi connectivity index (χ4n) is 1.48. The highest BCUT2D eigenvalue weighted by atomic mass is 16.5. The van der Waals surface area contributed by atoms with Crippen molar-refractivity contribution in [3.8, 4) is 5.88 Å². The van der Waals surface area contributed by atoms with Gasteiger partial charge >= 0.3 is 0 Å². The lowest BCUT2D eigenvalue weighted by Gasteiger charge is -2.11. The molecule has 7 nitrogen and oxygen atoms in total. The fourth-order valence-corrected chi connectivity index (χ4v) is 1.48. The van der Waals surface area contributed by atoms with Crippen molar-refractivity contribution in [1.29, 1.82) is 0 Å². The summed E-state index contributed by atoms with van der Waals surface area (Å²) in [4.78, 5) is 19.9. The van der Waals surface area contributed by atoms with Gasteiger partial charge in [-0.1, -0.05) is 0 Å². The van der Waals surface area contributed by atoms with Gasteiger partial charge in [0.05, 0.1) is 13.2 Å². The van der Waals surface area contributed by atoms with Crippen LogP contribution in [0.3, 0.4) is 0 Å². The first-order chi connectivity index (χ1) is 9.06. The highest BCUT2D eigenvalue weighted by molar-refractivity contribution is 5.93. The Morgan fingerprint density at radius 1 is 1.47 bits per heavy atom. The van der Waals surface area contributed by atoms with Gasteiger partial charge in [-0.15, -0.1) is 0 Å². The Bertz CT molecular complexity index is 425. The van der Waals surface area contributed by atoms with Crippen molar-refractivity contribution < 1.29 is 14.3 Å². The summed E-state index contributed by atoms with van der Waals surface area (Å²) in [6, 6.07) is 1.07. The summed E-state index contributed by atoms with van der Waals surface area (Å²) in [5.74, 6) is 0.281. The minimum absolute atomic E-state index is 0.198. The van der Waals surface area contributed by atoms with E-state index in [2.05, 4.69) is 15.3 Å². The first-order valence-electron chi connectivity index (χ1n) is 6.02. The van der Waals surface area contributed by atoms with E-state index in [0.717, 1.165) is 6.42 Å². The molecule has 3 N–H and O–H groups in total. The molecule has 7 heteroatoms. The van der Waals surface area contributed by atoms with Crippen molar-refractivity contribution in [2.45, 2.75) is 25.8 Å². The molecule has 0 saturated heterocycles. The van der Waals surface area contributed by atoms with Gasteiger partial charge in [-0.05, 0) is 19.8 Å². The van der Waals surface area contributed by atoms with Gasteiger partial charge in [0.25, 0.3) is 0 Å². The summed E-state index contributed by atoms with van der Waals surface area (Å²) in [7, 11) is 3.11. The third kappa shape index (κ3) is 5.19. The van der Waals surface area contributed by atoms with E-state index in [9.17, 15) is 4.79 Å². The van der Waals surface area contributed by atoms with E-state index in [4.69, 9.17) is 15.2 Å². The number of carbonyl (C=O) groups excluding carboxylic acids is 1. The smallest absolute Gasteiger partial charge is 0.243 e. The molecule has 0 saturated carbocycles. The summed E-state index contributed by atoms with van der Waals surface area (Å²) >= 11 is 0. The Labute approximate surface area is 112 Å². The van der Waals surface area contributed by atoms with E-state index in [1.165, 1.54) is 7.11 Å². The molecule has 1 aromatic rings. The number of amides is 1. The highest BCUT2D eigenvalue weighted by Crippen LogP contribution is 2.11. The largest absolute Gasteiger partial charge is 0.481 e. The number of methoxy groups -OCH3 is 2. The Morgan fingerprint density at radius 3 is 2.84 bits per heavy atom. The highest BCUT2D eigenvalue weighted by Gasteiger charge is 2.15. The Morgan fingerprint density at radius 2 is 2.21 bits per heavy atom. The molecule has 1 heterocycles. The molecule has 1 rings (SSSR count). The summed E-state index contributed by atoms with van der Waals surface area (Å²) < 4.78 is 9.91. The maximum absolute atomic E-state index is 11.8. The van der Waals surface area contributed by atoms with Crippen LogP contribution >= 0.6 is 0 Å². The average Bonchev–Trinajstić information content (AvgIpc) is 2.38. The zero-order chi connectivity index (χ0) is 14.3. The third-order valence-corrected chi connectivity index (χ3v) is 2.48. The van der Waals surface area contributed by atoms with Gasteiger partial charge in [-0.2, -0.15) is 4.98 Å². The molecule has 0 spiro atoms. The maximum atomic E-state index is 11.8. The molecule has 0 aliphatic rings. The summed E-state index contributed by atoms with van der Waals surface area (Å²) in [6.45, 7) is 2.37. The number of hydrogen-bond acceptors (Lipinski definition) is 6. The molecule has 19 heavy (non-hydrogen) atoms. The molecular formula is C12H20N4O3. The molecule has 0 bridgehead atoms. The number of hydrogen-bond donors (Lipinski definition) is 2. The van der Waals surface area contributed by atoms with Crippen molar-refractivity contribution in [3.63, 3.8) is 0 Å².